The molecule has 0 bridgehead atoms. The molecule has 84 valence electrons. The second-order valence-electron chi connectivity index (χ2n) is 2.94. The Morgan fingerprint density at radius 3 is 2.33 bits per heavy atom. The number of sulfone groups is 1. The molecule has 5 nitrogen and oxygen atoms in total. The highest BCUT2D eigenvalue weighted by atomic mass is 32.2. The Kier molecular flexibility index (Phi) is 3.67. The highest BCUT2D eigenvalue weighted by molar-refractivity contribution is 7.92. The number of nitrogens with two attached hydrogens (primary N) is 1. The molecule has 6 heteroatoms. The van der Waals surface area contributed by atoms with Gasteiger partial charge >= 0.3 is 0 Å². The highest BCUT2D eigenvalue weighted by Crippen LogP contribution is 2.17. The third kappa shape index (κ3) is 2.47. The van der Waals surface area contributed by atoms with E-state index in [1.165, 1.54) is 31.4 Å². The molecule has 0 amide bonds. The standard InChI is InChI=1S/C9H13NO4S/c1-14-7-2-4-8(5-3-7)15(12,13)9(10)6-11/h2-5,9,11H,6,10H2,1H3. The van der Waals surface area contributed by atoms with E-state index in [1.54, 1.807) is 0 Å². The molecule has 0 heterocycles. The van der Waals surface area contributed by atoms with Crippen molar-refractivity contribution < 1.29 is 18.3 Å². The SMILES string of the molecule is COc1ccc(S(=O)(=O)C(N)CO)cc1. The van der Waals surface area contributed by atoms with E-state index in [0.717, 1.165) is 0 Å². The first kappa shape index (κ1) is 12.0. The van der Waals surface area contributed by atoms with Crippen molar-refractivity contribution in [1.29, 1.82) is 0 Å². The average molecular weight is 231 g/mol. The first-order valence-corrected chi connectivity index (χ1v) is 5.81. The van der Waals surface area contributed by atoms with Crippen molar-refractivity contribution in [3.05, 3.63) is 24.3 Å². The molecule has 1 rings (SSSR count). The molecular weight excluding hydrogens is 218 g/mol. The summed E-state index contributed by atoms with van der Waals surface area (Å²) in [6.45, 7) is -0.603. The highest BCUT2D eigenvalue weighted by Gasteiger charge is 2.22. The predicted octanol–water partition coefficient (Wildman–Crippen LogP) is -0.254. The molecule has 0 saturated carbocycles. The van der Waals surface area contributed by atoms with Crippen molar-refractivity contribution in [2.24, 2.45) is 5.73 Å². The summed E-state index contributed by atoms with van der Waals surface area (Å²) >= 11 is 0. The molecule has 0 spiro atoms. The molecule has 0 aliphatic rings. The Hall–Kier alpha value is -1.11. The monoisotopic (exact) mass is 231 g/mol. The number of benzene rings is 1. The minimum Gasteiger partial charge on any atom is -0.497 e. The Labute approximate surface area is 88.4 Å². The second kappa shape index (κ2) is 4.61. The number of aliphatic hydroxyl groups is 1. The van der Waals surface area contributed by atoms with E-state index in [0.29, 0.717) is 5.75 Å². The lowest BCUT2D eigenvalue weighted by Gasteiger charge is -2.10. The van der Waals surface area contributed by atoms with Crippen LogP contribution in [0.2, 0.25) is 0 Å². The zero-order chi connectivity index (χ0) is 11.5. The molecule has 3 N–H and O–H groups in total. The van der Waals surface area contributed by atoms with Crippen LogP contribution in [-0.4, -0.2) is 32.6 Å². The average Bonchev–Trinajstić information content (AvgIpc) is 2.28. The van der Waals surface area contributed by atoms with Crippen LogP contribution in [0.25, 0.3) is 0 Å². The van der Waals surface area contributed by atoms with E-state index in [1.807, 2.05) is 0 Å². The number of hydrogen-bond donors (Lipinski definition) is 2. The molecule has 1 aromatic carbocycles. The van der Waals surface area contributed by atoms with E-state index < -0.39 is 21.8 Å². The van der Waals surface area contributed by atoms with Gasteiger partial charge in [-0.05, 0) is 24.3 Å². The smallest absolute Gasteiger partial charge is 0.196 e. The molecule has 0 aliphatic heterocycles. The molecule has 1 aromatic rings. The third-order valence-electron chi connectivity index (χ3n) is 1.97. The van der Waals surface area contributed by atoms with Crippen LogP contribution in [0.3, 0.4) is 0 Å². The molecular formula is C9H13NO4S. The summed E-state index contributed by atoms with van der Waals surface area (Å²) in [5, 5.41) is 7.42. The van der Waals surface area contributed by atoms with Crippen LogP contribution >= 0.6 is 0 Å². The molecule has 0 saturated heterocycles. The maximum Gasteiger partial charge on any atom is 0.196 e. The summed E-state index contributed by atoms with van der Waals surface area (Å²) in [5.74, 6) is 0.562. The van der Waals surface area contributed by atoms with Gasteiger partial charge < -0.3 is 15.6 Å². The minimum absolute atomic E-state index is 0.0739. The normalized spacial score (nSPS) is 13.5. The van der Waals surface area contributed by atoms with Crippen LogP contribution < -0.4 is 10.5 Å². The first-order chi connectivity index (χ1) is 7.02. The van der Waals surface area contributed by atoms with Gasteiger partial charge in [0.15, 0.2) is 9.84 Å². The van der Waals surface area contributed by atoms with Gasteiger partial charge in [0.1, 0.15) is 11.1 Å². The molecule has 1 atom stereocenters. The fourth-order valence-corrected chi connectivity index (χ4v) is 2.10. The van der Waals surface area contributed by atoms with E-state index in [-0.39, 0.29) is 4.90 Å². The van der Waals surface area contributed by atoms with Gasteiger partial charge in [0.2, 0.25) is 0 Å². The van der Waals surface area contributed by atoms with Gasteiger partial charge in [0.05, 0.1) is 18.6 Å². The topological polar surface area (TPSA) is 89.6 Å². The van der Waals surface area contributed by atoms with Gasteiger partial charge in [0, 0.05) is 0 Å². The van der Waals surface area contributed by atoms with Crippen LogP contribution in [0.1, 0.15) is 0 Å². The summed E-state index contributed by atoms with van der Waals surface area (Å²) in [4.78, 5) is 0.0739. The van der Waals surface area contributed by atoms with Crippen LogP contribution in [0.4, 0.5) is 0 Å². The van der Waals surface area contributed by atoms with Gasteiger partial charge in [0.25, 0.3) is 0 Å². The number of rotatable bonds is 4. The lowest BCUT2D eigenvalue weighted by Crippen LogP contribution is -2.34. The summed E-state index contributed by atoms with van der Waals surface area (Å²) in [6, 6.07) is 5.83. The number of ether oxygens (including phenoxy) is 1. The van der Waals surface area contributed by atoms with Crippen LogP contribution in [0, 0.1) is 0 Å². The van der Waals surface area contributed by atoms with E-state index in [4.69, 9.17) is 15.6 Å². The van der Waals surface area contributed by atoms with Gasteiger partial charge in [-0.1, -0.05) is 0 Å². The summed E-state index contributed by atoms with van der Waals surface area (Å²) in [7, 11) is -2.15. The number of methoxy groups -OCH3 is 1. The van der Waals surface area contributed by atoms with Gasteiger partial charge in [-0.3, -0.25) is 0 Å². The van der Waals surface area contributed by atoms with Gasteiger partial charge in [-0.15, -0.1) is 0 Å². The Morgan fingerprint density at radius 1 is 1.40 bits per heavy atom. The summed E-state index contributed by atoms with van der Waals surface area (Å²) < 4.78 is 28.2. The lowest BCUT2D eigenvalue weighted by atomic mass is 10.3. The zero-order valence-electron chi connectivity index (χ0n) is 8.25. The van der Waals surface area contributed by atoms with E-state index >= 15 is 0 Å². The van der Waals surface area contributed by atoms with Crippen LogP contribution in [0.15, 0.2) is 29.2 Å². The number of hydrogen-bond acceptors (Lipinski definition) is 5. The minimum atomic E-state index is -3.64. The Morgan fingerprint density at radius 2 is 1.93 bits per heavy atom. The van der Waals surface area contributed by atoms with E-state index in [9.17, 15) is 8.42 Å². The lowest BCUT2D eigenvalue weighted by molar-refractivity contribution is 0.292. The molecule has 1 unspecified atom stereocenters. The second-order valence-corrected chi connectivity index (χ2v) is 5.11. The molecule has 0 aromatic heterocycles. The summed E-state index contributed by atoms with van der Waals surface area (Å²) in [6.07, 6.45) is 0. The van der Waals surface area contributed by atoms with Crippen molar-refractivity contribution in [3.63, 3.8) is 0 Å². The maximum absolute atomic E-state index is 11.6. The predicted molar refractivity (Wildman–Crippen MR) is 55.2 cm³/mol. The van der Waals surface area contributed by atoms with Crippen molar-refractivity contribution in [3.8, 4) is 5.75 Å². The Balaban J connectivity index is 3.06. The third-order valence-corrected chi connectivity index (χ3v) is 3.84. The largest absolute Gasteiger partial charge is 0.497 e. The quantitative estimate of drug-likeness (QED) is 0.745. The molecule has 0 fully saturated rings. The Bertz CT molecular complexity index is 412. The van der Waals surface area contributed by atoms with Gasteiger partial charge in [-0.2, -0.15) is 0 Å². The fourth-order valence-electron chi connectivity index (χ4n) is 1.04. The van der Waals surface area contributed by atoms with Crippen molar-refractivity contribution in [2.45, 2.75) is 10.3 Å². The zero-order valence-corrected chi connectivity index (χ0v) is 9.07. The van der Waals surface area contributed by atoms with E-state index in [2.05, 4.69) is 0 Å². The number of aliphatic hydroxyl groups excluding tert-OH is 1. The van der Waals surface area contributed by atoms with Crippen molar-refractivity contribution in [1.82, 2.24) is 0 Å². The molecule has 0 radical (unpaired) electrons. The van der Waals surface area contributed by atoms with Gasteiger partial charge in [-0.25, -0.2) is 8.42 Å². The molecule has 0 aliphatic carbocycles. The molecule has 15 heavy (non-hydrogen) atoms. The first-order valence-electron chi connectivity index (χ1n) is 4.26. The van der Waals surface area contributed by atoms with Crippen LogP contribution in [-0.2, 0) is 9.84 Å². The van der Waals surface area contributed by atoms with Crippen molar-refractivity contribution in [2.75, 3.05) is 13.7 Å². The fraction of sp³-hybridized carbons (Fsp3) is 0.333. The maximum atomic E-state index is 11.6. The van der Waals surface area contributed by atoms with Crippen LogP contribution in [0.5, 0.6) is 5.75 Å². The van der Waals surface area contributed by atoms with Crippen molar-refractivity contribution >= 4 is 9.84 Å². The summed E-state index contributed by atoms with van der Waals surface area (Å²) in [5.41, 5.74) is 5.28.